The molecule has 1 atom stereocenters. The monoisotopic (exact) mass is 375 g/mol. The molecule has 2 rings (SSSR count). The Balaban J connectivity index is 2.45. The minimum Gasteiger partial charge on any atom is -0.369 e. The number of nitrogens with zero attached hydrogens (tertiary/aromatic N) is 2. The van der Waals surface area contributed by atoms with Gasteiger partial charge in [0.1, 0.15) is 10.7 Å². The lowest BCUT2D eigenvalue weighted by atomic mass is 10.0. The average Bonchev–Trinajstić information content (AvgIpc) is 2.49. The summed E-state index contributed by atoms with van der Waals surface area (Å²) in [6.45, 7) is 5.20. The number of halogens is 1. The average molecular weight is 376 g/mol. The van der Waals surface area contributed by atoms with Crippen LogP contribution in [0.1, 0.15) is 39.5 Å². The summed E-state index contributed by atoms with van der Waals surface area (Å²) in [5, 5.41) is 3.04. The van der Waals surface area contributed by atoms with Gasteiger partial charge in [-0.25, -0.2) is 13.4 Å². The molecule has 2 heterocycles. The first kappa shape index (κ1) is 16.7. The molecule has 118 valence electrons. The molecule has 0 radical (unpaired) electrons. The maximum Gasteiger partial charge on any atom is 0.247 e. The molecule has 0 bridgehead atoms. The number of aromatic nitrogens is 1. The van der Waals surface area contributed by atoms with Crippen LogP contribution < -0.4 is 5.32 Å². The summed E-state index contributed by atoms with van der Waals surface area (Å²) >= 11 is 3.32. The molecule has 1 aliphatic rings. The van der Waals surface area contributed by atoms with Crippen molar-refractivity contribution >= 4 is 31.8 Å². The molecule has 0 amide bonds. The topological polar surface area (TPSA) is 62.3 Å². The number of anilines is 1. The Hall–Kier alpha value is -0.660. The van der Waals surface area contributed by atoms with Crippen LogP contribution in [0.5, 0.6) is 0 Å². The van der Waals surface area contributed by atoms with Crippen molar-refractivity contribution in [2.75, 3.05) is 18.4 Å². The van der Waals surface area contributed by atoms with Gasteiger partial charge in [0.05, 0.1) is 0 Å². The van der Waals surface area contributed by atoms with Crippen LogP contribution in [-0.4, -0.2) is 36.8 Å². The van der Waals surface area contributed by atoms with E-state index in [2.05, 4.69) is 26.2 Å². The van der Waals surface area contributed by atoms with Crippen molar-refractivity contribution in [3.05, 3.63) is 16.7 Å². The van der Waals surface area contributed by atoms with E-state index in [1.165, 1.54) is 0 Å². The third-order valence-corrected chi connectivity index (χ3v) is 6.19. The lowest BCUT2D eigenvalue weighted by Gasteiger charge is -2.34. The van der Waals surface area contributed by atoms with Gasteiger partial charge in [0.15, 0.2) is 0 Å². The van der Waals surface area contributed by atoms with Gasteiger partial charge in [0.2, 0.25) is 10.0 Å². The number of pyridine rings is 1. The van der Waals surface area contributed by atoms with E-state index in [-0.39, 0.29) is 10.9 Å². The number of hydrogen-bond donors (Lipinski definition) is 1. The largest absolute Gasteiger partial charge is 0.369 e. The Morgan fingerprint density at radius 2 is 2.19 bits per heavy atom. The zero-order chi connectivity index (χ0) is 15.5. The summed E-state index contributed by atoms with van der Waals surface area (Å²) in [5.41, 5.74) is 0. The Kier molecular flexibility index (Phi) is 5.62. The summed E-state index contributed by atoms with van der Waals surface area (Å²) in [7, 11) is -3.52. The smallest absolute Gasteiger partial charge is 0.247 e. The number of hydrogen-bond acceptors (Lipinski definition) is 4. The predicted octanol–water partition coefficient (Wildman–Crippen LogP) is 3.23. The van der Waals surface area contributed by atoms with Gasteiger partial charge in [0, 0.05) is 29.8 Å². The second-order valence-electron chi connectivity index (χ2n) is 5.20. The van der Waals surface area contributed by atoms with E-state index in [1.54, 1.807) is 16.6 Å². The molecule has 0 spiro atoms. The summed E-state index contributed by atoms with van der Waals surface area (Å²) in [6.07, 6.45) is 5.42. The van der Waals surface area contributed by atoms with Crippen LogP contribution in [0.2, 0.25) is 0 Å². The minimum absolute atomic E-state index is 0.0946. The highest BCUT2D eigenvalue weighted by Crippen LogP contribution is 2.31. The molecule has 0 aliphatic carbocycles. The molecule has 7 heteroatoms. The molecule has 1 N–H and O–H groups in total. The normalized spacial score (nSPS) is 20.4. The fourth-order valence-electron chi connectivity index (χ4n) is 2.74. The van der Waals surface area contributed by atoms with Crippen molar-refractivity contribution < 1.29 is 8.42 Å². The van der Waals surface area contributed by atoms with Gasteiger partial charge in [-0.1, -0.05) is 13.3 Å². The van der Waals surface area contributed by atoms with E-state index in [0.717, 1.165) is 25.7 Å². The zero-order valence-corrected chi connectivity index (χ0v) is 14.9. The number of rotatable bonds is 5. The van der Waals surface area contributed by atoms with E-state index >= 15 is 0 Å². The molecular formula is C14H22BrN3O2S. The highest BCUT2D eigenvalue weighted by atomic mass is 79.9. The van der Waals surface area contributed by atoms with Crippen molar-refractivity contribution in [2.24, 2.45) is 0 Å². The van der Waals surface area contributed by atoms with Crippen LogP contribution in [0.4, 0.5) is 5.82 Å². The maximum atomic E-state index is 13.0. The molecule has 1 fully saturated rings. The number of piperidine rings is 1. The number of sulfonamides is 1. The van der Waals surface area contributed by atoms with E-state index in [4.69, 9.17) is 0 Å². The van der Waals surface area contributed by atoms with Crippen molar-refractivity contribution in [3.8, 4) is 0 Å². The quantitative estimate of drug-likeness (QED) is 0.857. The second kappa shape index (κ2) is 7.07. The van der Waals surface area contributed by atoms with Crippen molar-refractivity contribution in [1.29, 1.82) is 0 Å². The van der Waals surface area contributed by atoms with E-state index in [9.17, 15) is 8.42 Å². The summed E-state index contributed by atoms with van der Waals surface area (Å²) < 4.78 is 28.4. The van der Waals surface area contributed by atoms with Crippen molar-refractivity contribution in [2.45, 2.75) is 50.5 Å². The third kappa shape index (κ3) is 3.57. The fourth-order valence-corrected chi connectivity index (χ4v) is 5.14. The first-order chi connectivity index (χ1) is 10.0. The SMILES string of the molecule is CCNc1ncc(Br)cc1S(=O)(=O)N1CCCCC1CC. The van der Waals surface area contributed by atoms with Crippen LogP contribution in [-0.2, 0) is 10.0 Å². The van der Waals surface area contributed by atoms with E-state index < -0.39 is 10.0 Å². The van der Waals surface area contributed by atoms with Gasteiger partial charge >= 0.3 is 0 Å². The molecular weight excluding hydrogens is 354 g/mol. The molecule has 1 aromatic rings. The fraction of sp³-hybridized carbons (Fsp3) is 0.643. The number of nitrogens with one attached hydrogen (secondary N) is 1. The van der Waals surface area contributed by atoms with Gasteiger partial charge in [-0.15, -0.1) is 0 Å². The molecule has 21 heavy (non-hydrogen) atoms. The first-order valence-electron chi connectivity index (χ1n) is 7.42. The first-order valence-corrected chi connectivity index (χ1v) is 9.65. The van der Waals surface area contributed by atoms with E-state index in [0.29, 0.717) is 23.4 Å². The third-order valence-electron chi connectivity index (χ3n) is 3.79. The van der Waals surface area contributed by atoms with Crippen LogP contribution in [0.3, 0.4) is 0 Å². The zero-order valence-electron chi connectivity index (χ0n) is 12.5. The minimum atomic E-state index is -3.52. The van der Waals surface area contributed by atoms with Gasteiger partial charge in [-0.3, -0.25) is 0 Å². The summed E-state index contributed by atoms with van der Waals surface area (Å²) in [4.78, 5) is 4.48. The molecule has 1 unspecified atom stereocenters. The van der Waals surface area contributed by atoms with Gasteiger partial charge in [-0.05, 0) is 48.2 Å². The van der Waals surface area contributed by atoms with Gasteiger partial charge < -0.3 is 5.32 Å². The molecule has 1 saturated heterocycles. The van der Waals surface area contributed by atoms with Crippen molar-refractivity contribution in [3.63, 3.8) is 0 Å². The Bertz CT molecular complexity index is 592. The Morgan fingerprint density at radius 1 is 1.43 bits per heavy atom. The predicted molar refractivity (Wildman–Crippen MR) is 87.9 cm³/mol. The lowest BCUT2D eigenvalue weighted by Crippen LogP contribution is -2.43. The van der Waals surface area contributed by atoms with Crippen LogP contribution in [0.25, 0.3) is 0 Å². The van der Waals surface area contributed by atoms with Gasteiger partial charge in [0.25, 0.3) is 0 Å². The molecule has 5 nitrogen and oxygen atoms in total. The highest BCUT2D eigenvalue weighted by molar-refractivity contribution is 9.10. The highest BCUT2D eigenvalue weighted by Gasteiger charge is 2.34. The Labute approximate surface area is 135 Å². The second-order valence-corrected chi connectivity index (χ2v) is 7.98. The maximum absolute atomic E-state index is 13.0. The van der Waals surface area contributed by atoms with Crippen molar-refractivity contribution in [1.82, 2.24) is 9.29 Å². The molecule has 1 aromatic heterocycles. The standard InChI is InChI=1S/C14H22BrN3O2S/c1-3-12-7-5-6-8-18(12)21(19,20)13-9-11(15)10-17-14(13)16-4-2/h9-10,12H,3-8H2,1-2H3,(H,16,17). The van der Waals surface area contributed by atoms with Crippen LogP contribution in [0.15, 0.2) is 21.6 Å². The van der Waals surface area contributed by atoms with Crippen LogP contribution >= 0.6 is 15.9 Å². The Morgan fingerprint density at radius 3 is 2.86 bits per heavy atom. The lowest BCUT2D eigenvalue weighted by molar-refractivity contribution is 0.246. The summed E-state index contributed by atoms with van der Waals surface area (Å²) in [5.74, 6) is 0.432. The molecule has 0 saturated carbocycles. The van der Waals surface area contributed by atoms with Crippen LogP contribution in [0, 0.1) is 0 Å². The van der Waals surface area contributed by atoms with Gasteiger partial charge in [-0.2, -0.15) is 4.31 Å². The summed E-state index contributed by atoms with van der Waals surface area (Å²) in [6, 6.07) is 1.74. The molecule has 1 aliphatic heterocycles. The van der Waals surface area contributed by atoms with E-state index in [1.807, 2.05) is 13.8 Å². The molecule has 0 aromatic carbocycles.